The van der Waals surface area contributed by atoms with E-state index in [0.29, 0.717) is 0 Å². The van der Waals surface area contributed by atoms with E-state index in [4.69, 9.17) is 18.9 Å². The average Bonchev–Trinajstić information content (AvgIpc) is 2.79. The Morgan fingerprint density at radius 2 is 1.41 bits per heavy atom. The van der Waals surface area contributed by atoms with Gasteiger partial charge in [0, 0.05) is 37.8 Å². The minimum absolute atomic E-state index is 0.00361. The van der Waals surface area contributed by atoms with Gasteiger partial charge in [0.25, 0.3) is 0 Å². The van der Waals surface area contributed by atoms with Crippen LogP contribution in [-0.4, -0.2) is 73.1 Å². The Morgan fingerprint density at radius 1 is 0.844 bits per heavy atom. The maximum absolute atomic E-state index is 12.2. The van der Waals surface area contributed by atoms with Gasteiger partial charge in [0.05, 0.1) is 19.6 Å². The summed E-state index contributed by atoms with van der Waals surface area (Å²) >= 11 is 0. The lowest BCUT2D eigenvalue weighted by atomic mass is 9.86. The molecule has 0 aromatic rings. The van der Waals surface area contributed by atoms with Gasteiger partial charge < -0.3 is 28.8 Å². The average molecular weight is 458 g/mol. The first-order chi connectivity index (χ1) is 15.2. The third kappa shape index (κ3) is 8.04. The monoisotopic (exact) mass is 458 g/mol. The molecule has 32 heavy (non-hydrogen) atoms. The van der Waals surface area contributed by atoms with Gasteiger partial charge in [-0.05, 0) is 0 Å². The molecule has 1 N–H and O–H groups in total. The second kappa shape index (κ2) is 13.6. The van der Waals surface area contributed by atoms with E-state index in [2.05, 4.69) is 4.74 Å². The molecule has 0 amide bonds. The van der Waals surface area contributed by atoms with Crippen LogP contribution in [0.2, 0.25) is 0 Å². The van der Waals surface area contributed by atoms with Crippen LogP contribution in [0.1, 0.15) is 46.5 Å². The fourth-order valence-corrected chi connectivity index (χ4v) is 2.97. The first-order valence-electron chi connectivity index (χ1n) is 10.3. The number of hydrogen-bond donors (Lipinski definition) is 1. The van der Waals surface area contributed by atoms with Gasteiger partial charge in [0.2, 0.25) is 6.29 Å². The van der Waals surface area contributed by atoms with Crippen LogP contribution in [0.4, 0.5) is 0 Å². The topological polar surface area (TPSA) is 152 Å². The Balaban J connectivity index is 3.31. The standard InChI is InChI=1S/C21H30O11/c1-5-12(23)10-13-19(30-15(24)6-2)20(31-16(25)7-3)14(11-22)29-21(13)32-18(27)9-8-17(26)28-4/h8-9,13-14,19-22H,5-7,10-11H2,1-4H3/b9-8+/t13-,14-,19-,20+,21-/m1/s1. The van der Waals surface area contributed by atoms with Gasteiger partial charge >= 0.3 is 23.9 Å². The summed E-state index contributed by atoms with van der Waals surface area (Å²) in [6.45, 7) is 4.09. The van der Waals surface area contributed by atoms with Gasteiger partial charge in [-0.15, -0.1) is 0 Å². The summed E-state index contributed by atoms with van der Waals surface area (Å²) in [6.07, 6.45) is -3.49. The maximum Gasteiger partial charge on any atom is 0.333 e. The molecule has 1 fully saturated rings. The number of carbonyl (C=O) groups is 5. The smallest absolute Gasteiger partial charge is 0.333 e. The Morgan fingerprint density at radius 3 is 1.91 bits per heavy atom. The molecule has 0 saturated carbocycles. The lowest BCUT2D eigenvalue weighted by molar-refractivity contribution is -0.282. The molecule has 1 saturated heterocycles. The highest BCUT2D eigenvalue weighted by Crippen LogP contribution is 2.34. The number of aliphatic hydroxyl groups excluding tert-OH is 1. The maximum atomic E-state index is 12.2. The van der Waals surface area contributed by atoms with Crippen molar-refractivity contribution in [1.82, 2.24) is 0 Å². The van der Waals surface area contributed by atoms with E-state index in [1.807, 2.05) is 0 Å². The molecule has 0 aromatic carbocycles. The van der Waals surface area contributed by atoms with Crippen molar-refractivity contribution < 1.29 is 52.8 Å². The minimum Gasteiger partial charge on any atom is -0.466 e. The molecular weight excluding hydrogens is 428 g/mol. The minimum atomic E-state index is -1.43. The van der Waals surface area contributed by atoms with Crippen LogP contribution in [0.3, 0.4) is 0 Å². The predicted octanol–water partition coefficient (Wildman–Crippen LogP) is 0.605. The van der Waals surface area contributed by atoms with E-state index in [9.17, 15) is 29.1 Å². The summed E-state index contributed by atoms with van der Waals surface area (Å²) in [5, 5.41) is 9.79. The molecule has 5 atom stereocenters. The third-order valence-corrected chi connectivity index (χ3v) is 4.71. The number of esters is 4. The van der Waals surface area contributed by atoms with Crippen LogP contribution in [0, 0.1) is 5.92 Å². The van der Waals surface area contributed by atoms with E-state index in [1.165, 1.54) is 0 Å². The molecule has 11 nitrogen and oxygen atoms in total. The number of ketones is 1. The van der Waals surface area contributed by atoms with Crippen LogP contribution < -0.4 is 0 Å². The third-order valence-electron chi connectivity index (χ3n) is 4.71. The van der Waals surface area contributed by atoms with Crippen molar-refractivity contribution in [1.29, 1.82) is 0 Å². The van der Waals surface area contributed by atoms with Gasteiger partial charge in [0.15, 0.2) is 12.2 Å². The number of aliphatic hydroxyl groups is 1. The lowest BCUT2D eigenvalue weighted by Gasteiger charge is -2.44. The van der Waals surface area contributed by atoms with E-state index in [1.54, 1.807) is 20.8 Å². The normalized spacial score (nSPS) is 25.1. The molecule has 11 heteroatoms. The molecule has 0 unspecified atom stereocenters. The Labute approximate surface area is 186 Å². The molecule has 1 rings (SSSR count). The Kier molecular flexibility index (Phi) is 11.6. The van der Waals surface area contributed by atoms with Crippen molar-refractivity contribution in [3.63, 3.8) is 0 Å². The molecule has 0 spiro atoms. The van der Waals surface area contributed by atoms with E-state index in [-0.39, 0.29) is 31.5 Å². The predicted molar refractivity (Wildman–Crippen MR) is 107 cm³/mol. The molecule has 180 valence electrons. The number of carbonyl (C=O) groups excluding carboxylic acids is 5. The molecule has 0 aromatic heterocycles. The van der Waals surface area contributed by atoms with E-state index < -0.39 is 61.0 Å². The molecule has 1 aliphatic heterocycles. The summed E-state index contributed by atoms with van der Waals surface area (Å²) in [6, 6.07) is 0. The van der Waals surface area contributed by atoms with Crippen molar-refractivity contribution in [2.24, 2.45) is 5.92 Å². The van der Waals surface area contributed by atoms with E-state index >= 15 is 0 Å². The fourth-order valence-electron chi connectivity index (χ4n) is 2.97. The summed E-state index contributed by atoms with van der Waals surface area (Å²) < 4.78 is 26.1. The summed E-state index contributed by atoms with van der Waals surface area (Å²) in [7, 11) is 1.13. The molecule has 0 aliphatic carbocycles. The van der Waals surface area contributed by atoms with Gasteiger partial charge in [-0.3, -0.25) is 14.4 Å². The lowest BCUT2D eigenvalue weighted by Crippen LogP contribution is -2.59. The molecule has 1 heterocycles. The van der Waals surface area contributed by atoms with Crippen LogP contribution in [0.15, 0.2) is 12.2 Å². The van der Waals surface area contributed by atoms with Crippen molar-refractivity contribution in [3.05, 3.63) is 12.2 Å². The quantitative estimate of drug-likeness (QED) is 0.263. The molecule has 0 bridgehead atoms. The Bertz CT molecular complexity index is 715. The number of Topliss-reactive ketones (excluding diaryl/α,β-unsaturated/α-hetero) is 1. The van der Waals surface area contributed by atoms with E-state index in [0.717, 1.165) is 19.3 Å². The van der Waals surface area contributed by atoms with Gasteiger partial charge in [-0.25, -0.2) is 9.59 Å². The van der Waals surface area contributed by atoms with Crippen molar-refractivity contribution in [2.45, 2.75) is 71.1 Å². The second-order valence-electron chi connectivity index (χ2n) is 6.90. The van der Waals surface area contributed by atoms with Gasteiger partial charge in [0.1, 0.15) is 11.9 Å². The summed E-state index contributed by atoms with van der Waals surface area (Å²) in [5.41, 5.74) is 0. The number of methoxy groups -OCH3 is 1. The number of rotatable bonds is 11. The van der Waals surface area contributed by atoms with Gasteiger partial charge in [-0.2, -0.15) is 0 Å². The Hall–Kier alpha value is -2.79. The second-order valence-corrected chi connectivity index (χ2v) is 6.90. The number of ether oxygens (including phenoxy) is 5. The first-order valence-corrected chi connectivity index (χ1v) is 10.3. The van der Waals surface area contributed by atoms with Gasteiger partial charge in [-0.1, -0.05) is 20.8 Å². The molecule has 1 aliphatic rings. The molecule has 0 radical (unpaired) electrons. The van der Waals surface area contributed by atoms with Crippen LogP contribution in [-0.2, 0) is 47.7 Å². The van der Waals surface area contributed by atoms with Crippen LogP contribution in [0.25, 0.3) is 0 Å². The zero-order valence-corrected chi connectivity index (χ0v) is 18.6. The largest absolute Gasteiger partial charge is 0.466 e. The molecular formula is C21H30O11. The zero-order valence-electron chi connectivity index (χ0n) is 18.6. The summed E-state index contributed by atoms with van der Waals surface area (Å²) in [5.74, 6) is -4.33. The van der Waals surface area contributed by atoms with Crippen molar-refractivity contribution >= 4 is 29.7 Å². The zero-order chi connectivity index (χ0) is 24.3. The first kappa shape index (κ1) is 27.2. The number of hydrogen-bond acceptors (Lipinski definition) is 11. The van der Waals surface area contributed by atoms with Crippen molar-refractivity contribution in [2.75, 3.05) is 13.7 Å². The van der Waals surface area contributed by atoms with Crippen LogP contribution in [0.5, 0.6) is 0 Å². The highest BCUT2D eigenvalue weighted by molar-refractivity contribution is 5.91. The SMILES string of the molecule is CCC(=O)C[C@H]1[C@@H](OC(=O)/C=C/C(=O)OC)O[C@H](CO)[C@H](OC(=O)CC)[C@@H]1OC(=O)CC. The fraction of sp³-hybridized carbons (Fsp3) is 0.667. The van der Waals surface area contributed by atoms with Crippen LogP contribution >= 0.6 is 0 Å². The van der Waals surface area contributed by atoms with Crippen molar-refractivity contribution in [3.8, 4) is 0 Å². The highest BCUT2D eigenvalue weighted by Gasteiger charge is 2.51. The highest BCUT2D eigenvalue weighted by atomic mass is 16.7. The summed E-state index contributed by atoms with van der Waals surface area (Å²) in [4.78, 5) is 59.7.